The third-order valence-corrected chi connectivity index (χ3v) is 5.96. The van der Waals surface area contributed by atoms with Crippen LogP contribution >= 0.6 is 0 Å². The highest BCUT2D eigenvalue weighted by Gasteiger charge is 2.28. The Balaban J connectivity index is 2.02. The summed E-state index contributed by atoms with van der Waals surface area (Å²) in [5.41, 5.74) is 3.35. The monoisotopic (exact) mass is 363 g/mol. The zero-order valence-corrected chi connectivity index (χ0v) is 15.4. The van der Waals surface area contributed by atoms with E-state index in [2.05, 4.69) is 5.32 Å². The second kappa shape index (κ2) is 7.78. The molecule has 0 heterocycles. The van der Waals surface area contributed by atoms with Crippen molar-refractivity contribution >= 4 is 15.7 Å². The van der Waals surface area contributed by atoms with Crippen LogP contribution in [0.5, 0.6) is 0 Å². The van der Waals surface area contributed by atoms with Crippen LogP contribution in [0.1, 0.15) is 29.2 Å². The molecule has 0 aliphatic rings. The predicted octanol–water partition coefficient (Wildman–Crippen LogP) is 3.06. The number of rotatable bonds is 6. The quantitative estimate of drug-likeness (QED) is 0.858. The molecule has 0 bridgehead atoms. The van der Waals surface area contributed by atoms with Crippen molar-refractivity contribution < 1.29 is 17.6 Å². The van der Waals surface area contributed by atoms with Crippen LogP contribution in [0.25, 0.3) is 0 Å². The third kappa shape index (κ3) is 5.39. The molecule has 134 valence electrons. The molecule has 1 atom stereocenters. The first-order valence-electron chi connectivity index (χ1n) is 7.98. The molecule has 1 amide bonds. The Kier molecular flexibility index (Phi) is 5.95. The summed E-state index contributed by atoms with van der Waals surface area (Å²) in [6.07, 6.45) is 0. The molecule has 0 aromatic heterocycles. The fourth-order valence-electron chi connectivity index (χ4n) is 2.61. The maximum Gasteiger partial charge on any atom is 0.238 e. The van der Waals surface area contributed by atoms with E-state index in [0.29, 0.717) is 11.1 Å². The van der Waals surface area contributed by atoms with E-state index in [9.17, 15) is 17.6 Å². The number of carbonyl (C=O) groups is 1. The van der Waals surface area contributed by atoms with Crippen LogP contribution in [0.15, 0.2) is 42.5 Å². The van der Waals surface area contributed by atoms with Crippen molar-refractivity contribution in [1.29, 1.82) is 0 Å². The van der Waals surface area contributed by atoms with Crippen LogP contribution in [-0.2, 0) is 26.9 Å². The molecule has 0 radical (unpaired) electrons. The first kappa shape index (κ1) is 19.1. The number of hydrogen-bond acceptors (Lipinski definition) is 3. The van der Waals surface area contributed by atoms with Gasteiger partial charge in [-0.25, -0.2) is 12.8 Å². The summed E-state index contributed by atoms with van der Waals surface area (Å²) in [6, 6.07) is 11.3. The summed E-state index contributed by atoms with van der Waals surface area (Å²) in [4.78, 5) is 12.2. The molecule has 2 aromatic carbocycles. The number of carbonyl (C=O) groups excluding carboxylic acids is 1. The van der Waals surface area contributed by atoms with Gasteiger partial charge in [0.25, 0.3) is 0 Å². The van der Waals surface area contributed by atoms with Crippen LogP contribution in [0.4, 0.5) is 4.39 Å². The van der Waals surface area contributed by atoms with E-state index in [4.69, 9.17) is 0 Å². The molecule has 0 aliphatic heterocycles. The largest absolute Gasteiger partial charge is 0.351 e. The molecule has 0 saturated carbocycles. The van der Waals surface area contributed by atoms with Gasteiger partial charge in [-0.05, 0) is 44.0 Å². The summed E-state index contributed by atoms with van der Waals surface area (Å²) in [6.45, 7) is 5.35. The van der Waals surface area contributed by atoms with E-state index in [0.717, 1.165) is 11.1 Å². The minimum absolute atomic E-state index is 0.155. The Morgan fingerprint density at radius 2 is 1.60 bits per heavy atom. The van der Waals surface area contributed by atoms with Crippen LogP contribution in [0.3, 0.4) is 0 Å². The number of halogens is 1. The van der Waals surface area contributed by atoms with Crippen LogP contribution in [-0.4, -0.2) is 19.6 Å². The van der Waals surface area contributed by atoms with Crippen molar-refractivity contribution in [2.45, 2.75) is 38.3 Å². The molecular formula is C19H22FNO3S. The molecule has 0 fully saturated rings. The van der Waals surface area contributed by atoms with Crippen molar-refractivity contribution in [2.75, 3.05) is 0 Å². The van der Waals surface area contributed by atoms with Gasteiger partial charge in [-0.2, -0.15) is 0 Å². The van der Waals surface area contributed by atoms with Gasteiger partial charge in [-0.15, -0.1) is 0 Å². The maximum absolute atomic E-state index is 12.9. The van der Waals surface area contributed by atoms with E-state index in [-0.39, 0.29) is 18.1 Å². The molecule has 4 nitrogen and oxygen atoms in total. The minimum Gasteiger partial charge on any atom is -0.351 e. The van der Waals surface area contributed by atoms with Gasteiger partial charge in [0.2, 0.25) is 5.91 Å². The highest BCUT2D eigenvalue weighted by atomic mass is 32.2. The second-order valence-electron chi connectivity index (χ2n) is 6.29. The number of benzene rings is 2. The van der Waals surface area contributed by atoms with E-state index >= 15 is 0 Å². The lowest BCUT2D eigenvalue weighted by Gasteiger charge is -2.14. The summed E-state index contributed by atoms with van der Waals surface area (Å²) in [5.74, 6) is -1.10. The molecule has 6 heteroatoms. The Morgan fingerprint density at radius 1 is 1.04 bits per heavy atom. The van der Waals surface area contributed by atoms with Crippen LogP contribution < -0.4 is 5.32 Å². The number of aryl methyl sites for hydroxylation is 2. The first-order chi connectivity index (χ1) is 11.7. The van der Waals surface area contributed by atoms with Gasteiger partial charge < -0.3 is 5.32 Å². The minimum atomic E-state index is -3.63. The topological polar surface area (TPSA) is 63.2 Å². The van der Waals surface area contributed by atoms with Crippen molar-refractivity contribution in [3.8, 4) is 0 Å². The van der Waals surface area contributed by atoms with E-state index < -0.39 is 21.0 Å². The molecule has 1 N–H and O–H groups in total. The van der Waals surface area contributed by atoms with Gasteiger partial charge in [-0.1, -0.05) is 41.5 Å². The fraction of sp³-hybridized carbons (Fsp3) is 0.316. The van der Waals surface area contributed by atoms with Crippen molar-refractivity contribution in [3.63, 3.8) is 0 Å². The van der Waals surface area contributed by atoms with Crippen LogP contribution in [0, 0.1) is 19.7 Å². The lowest BCUT2D eigenvalue weighted by molar-refractivity contribution is -0.120. The van der Waals surface area contributed by atoms with E-state index in [1.54, 1.807) is 12.1 Å². The third-order valence-electron chi connectivity index (χ3n) is 3.94. The average molecular weight is 363 g/mol. The van der Waals surface area contributed by atoms with Gasteiger partial charge >= 0.3 is 0 Å². The fourth-order valence-corrected chi connectivity index (χ4v) is 3.90. The van der Waals surface area contributed by atoms with Crippen LogP contribution in [0.2, 0.25) is 0 Å². The predicted molar refractivity (Wildman–Crippen MR) is 96.2 cm³/mol. The van der Waals surface area contributed by atoms with Crippen molar-refractivity contribution in [3.05, 3.63) is 70.5 Å². The summed E-state index contributed by atoms with van der Waals surface area (Å²) < 4.78 is 37.9. The maximum atomic E-state index is 12.9. The number of nitrogens with one attached hydrogen (secondary N) is 1. The summed E-state index contributed by atoms with van der Waals surface area (Å²) in [7, 11) is -3.63. The Morgan fingerprint density at radius 3 is 2.16 bits per heavy atom. The molecule has 2 aromatic rings. The Labute approximate surface area is 148 Å². The van der Waals surface area contributed by atoms with Gasteiger partial charge in [0, 0.05) is 6.54 Å². The van der Waals surface area contributed by atoms with Crippen molar-refractivity contribution in [1.82, 2.24) is 5.32 Å². The van der Waals surface area contributed by atoms with Gasteiger partial charge in [-0.3, -0.25) is 4.79 Å². The highest BCUT2D eigenvalue weighted by Crippen LogP contribution is 2.15. The number of hydrogen-bond donors (Lipinski definition) is 1. The summed E-state index contributed by atoms with van der Waals surface area (Å²) in [5, 5.41) is 1.43. The van der Waals surface area contributed by atoms with Gasteiger partial charge in [0.05, 0.1) is 5.75 Å². The normalized spacial score (nSPS) is 12.6. The lowest BCUT2D eigenvalue weighted by Crippen LogP contribution is -2.38. The van der Waals surface area contributed by atoms with E-state index in [1.165, 1.54) is 19.1 Å². The molecule has 0 spiro atoms. The summed E-state index contributed by atoms with van der Waals surface area (Å²) >= 11 is 0. The molecule has 0 aliphatic carbocycles. The SMILES string of the molecule is Cc1cc(C)cc(CS(=O)(=O)C(C)C(=O)NCc2ccc(F)cc2)c1. The molecule has 2 rings (SSSR count). The van der Waals surface area contributed by atoms with Crippen molar-refractivity contribution in [2.24, 2.45) is 0 Å². The molecule has 1 unspecified atom stereocenters. The average Bonchev–Trinajstić information content (AvgIpc) is 2.51. The lowest BCUT2D eigenvalue weighted by atomic mass is 10.1. The Bertz CT molecular complexity index is 840. The standard InChI is InChI=1S/C19H22FNO3S/c1-13-8-14(2)10-17(9-13)12-25(23,24)15(3)19(22)21-11-16-4-6-18(20)7-5-16/h4-10,15H,11-12H2,1-3H3,(H,21,22). The highest BCUT2D eigenvalue weighted by molar-refractivity contribution is 7.92. The first-order valence-corrected chi connectivity index (χ1v) is 9.70. The molecule has 25 heavy (non-hydrogen) atoms. The van der Waals surface area contributed by atoms with Gasteiger partial charge in [0.1, 0.15) is 11.1 Å². The number of sulfone groups is 1. The number of amides is 1. The zero-order valence-electron chi connectivity index (χ0n) is 14.5. The molecular weight excluding hydrogens is 341 g/mol. The Hall–Kier alpha value is -2.21. The second-order valence-corrected chi connectivity index (χ2v) is 8.61. The molecule has 0 saturated heterocycles. The smallest absolute Gasteiger partial charge is 0.238 e. The van der Waals surface area contributed by atoms with E-state index in [1.807, 2.05) is 32.0 Å². The van der Waals surface area contributed by atoms with Gasteiger partial charge in [0.15, 0.2) is 9.84 Å². The zero-order chi connectivity index (χ0) is 18.6.